The van der Waals surface area contributed by atoms with Crippen molar-refractivity contribution >= 4 is 20.6 Å². The Morgan fingerprint density at radius 3 is 1.88 bits per heavy atom. The Kier molecular flexibility index (Phi) is 2.63. The smallest absolute Gasteiger partial charge is 0.251 e. The van der Waals surface area contributed by atoms with Crippen LogP contribution >= 0.6 is 15.9 Å². The molecule has 0 fully saturated rings. The molecule has 3 heteroatoms. The molecule has 0 unspecified atom stereocenters. The maximum Gasteiger partial charge on any atom is 0.251 e. The van der Waals surface area contributed by atoms with Crippen molar-refractivity contribution in [2.45, 2.75) is 0 Å². The molecule has 0 aromatic heterocycles. The zero-order chi connectivity index (χ0) is 6.78. The van der Waals surface area contributed by atoms with Gasteiger partial charge in [0.25, 0.3) is 4.69 Å². The highest BCUT2D eigenvalue weighted by molar-refractivity contribution is 9.18. The van der Waals surface area contributed by atoms with Gasteiger partial charge in [0, 0.05) is 0 Å². The first-order chi connectivity index (χ1) is 3.42. The number of halogens is 1. The molecule has 0 amide bonds. The van der Waals surface area contributed by atoms with E-state index in [0.717, 1.165) is 0 Å². The topological polar surface area (TPSA) is 17.1 Å². The van der Waals surface area contributed by atoms with Crippen molar-refractivity contribution in [1.29, 1.82) is 0 Å². The van der Waals surface area contributed by atoms with Gasteiger partial charge >= 0.3 is 0 Å². The minimum Gasteiger partial charge on any atom is -0.324 e. The second-order valence-corrected chi connectivity index (χ2v) is 3.69. The van der Waals surface area contributed by atoms with Gasteiger partial charge in [0.05, 0.1) is 21.1 Å². The average molecular weight is 181 g/mol. The van der Waals surface area contributed by atoms with Crippen LogP contribution in [-0.4, -0.2) is 36.9 Å². The Hall–Kier alpha value is 0.110. The van der Waals surface area contributed by atoms with E-state index in [4.69, 9.17) is 0 Å². The molecule has 0 atom stereocenters. The first kappa shape index (κ1) is 8.11. The lowest BCUT2D eigenvalue weighted by molar-refractivity contribution is -0.861. The molecule has 0 bridgehead atoms. The van der Waals surface area contributed by atoms with Crippen molar-refractivity contribution in [1.82, 2.24) is 0 Å². The zero-order valence-electron chi connectivity index (χ0n) is 5.44. The Balaban J connectivity index is 3.55. The summed E-state index contributed by atoms with van der Waals surface area (Å²) in [6.45, 7) is 0.542. The van der Waals surface area contributed by atoms with Gasteiger partial charge in [-0.05, 0) is 15.9 Å². The summed E-state index contributed by atoms with van der Waals surface area (Å²) < 4.78 is 0.745. The van der Waals surface area contributed by atoms with E-state index in [1.165, 1.54) is 0 Å². The number of carbonyl (C=O) groups is 1. The van der Waals surface area contributed by atoms with Crippen LogP contribution in [0.1, 0.15) is 0 Å². The standard InChI is InChI=1S/C5H11BrNO/c1-7(2,3)4-5(6)8/h4H2,1-3H3/q+1. The lowest BCUT2D eigenvalue weighted by Gasteiger charge is -2.20. The fraction of sp³-hybridized carbons (Fsp3) is 0.800. The van der Waals surface area contributed by atoms with Crippen LogP contribution in [0.3, 0.4) is 0 Å². The number of rotatable bonds is 2. The molecule has 0 aliphatic rings. The molecule has 0 aromatic rings. The van der Waals surface area contributed by atoms with E-state index in [1.807, 2.05) is 21.1 Å². The van der Waals surface area contributed by atoms with E-state index in [1.54, 1.807) is 0 Å². The number of carbonyl (C=O) groups excluding carboxylic acids is 1. The lowest BCUT2D eigenvalue weighted by atomic mass is 10.6. The molecule has 2 nitrogen and oxygen atoms in total. The van der Waals surface area contributed by atoms with Gasteiger partial charge in [0.2, 0.25) is 0 Å². The van der Waals surface area contributed by atoms with Gasteiger partial charge in [0.15, 0.2) is 0 Å². The third-order valence-corrected chi connectivity index (χ3v) is 0.849. The minimum absolute atomic E-state index is 0.0602. The molecule has 0 rings (SSSR count). The number of quaternary nitrogens is 1. The highest BCUT2D eigenvalue weighted by Gasteiger charge is 2.09. The van der Waals surface area contributed by atoms with E-state index in [0.29, 0.717) is 11.0 Å². The average Bonchev–Trinajstić information content (AvgIpc) is 1.21. The minimum atomic E-state index is 0.0602. The number of likely N-dealkylation sites (N-methyl/N-ethyl adjacent to an activating group) is 1. The Labute approximate surface area is 58.2 Å². The largest absolute Gasteiger partial charge is 0.324 e. The molecule has 0 saturated carbocycles. The van der Waals surface area contributed by atoms with Crippen LogP contribution in [0.5, 0.6) is 0 Å². The maximum absolute atomic E-state index is 10.4. The van der Waals surface area contributed by atoms with E-state index < -0.39 is 0 Å². The van der Waals surface area contributed by atoms with Gasteiger partial charge in [-0.2, -0.15) is 0 Å². The van der Waals surface area contributed by atoms with Crippen molar-refractivity contribution < 1.29 is 9.28 Å². The van der Waals surface area contributed by atoms with Crippen LogP contribution in [0, 0.1) is 0 Å². The van der Waals surface area contributed by atoms with E-state index in [9.17, 15) is 4.79 Å². The van der Waals surface area contributed by atoms with Crippen molar-refractivity contribution in [2.24, 2.45) is 0 Å². The Morgan fingerprint density at radius 2 is 1.88 bits per heavy atom. The fourth-order valence-electron chi connectivity index (χ4n) is 0.373. The van der Waals surface area contributed by atoms with Gasteiger partial charge in [0.1, 0.15) is 6.54 Å². The highest BCUT2D eigenvalue weighted by Crippen LogP contribution is 1.93. The summed E-state index contributed by atoms with van der Waals surface area (Å²) in [4.78, 5) is 10.4. The Bertz CT molecular complexity index is 95.1. The molecular formula is C5H11BrNO+. The molecule has 48 valence electrons. The van der Waals surface area contributed by atoms with Crippen molar-refractivity contribution in [3.63, 3.8) is 0 Å². The van der Waals surface area contributed by atoms with Crippen LogP contribution in [0.2, 0.25) is 0 Å². The summed E-state index contributed by atoms with van der Waals surface area (Å²) in [5.74, 6) is 0. The van der Waals surface area contributed by atoms with E-state index >= 15 is 0 Å². The van der Waals surface area contributed by atoms with Crippen molar-refractivity contribution in [3.05, 3.63) is 0 Å². The summed E-state index contributed by atoms with van der Waals surface area (Å²) in [6.07, 6.45) is 0. The van der Waals surface area contributed by atoms with Gasteiger partial charge in [-0.25, -0.2) is 0 Å². The van der Waals surface area contributed by atoms with E-state index in [2.05, 4.69) is 15.9 Å². The molecule has 0 saturated heterocycles. The number of hydrogen-bond donors (Lipinski definition) is 0. The lowest BCUT2D eigenvalue weighted by Crippen LogP contribution is -2.37. The fourth-order valence-corrected chi connectivity index (χ4v) is 1.13. The number of nitrogens with zero attached hydrogens (tertiary/aromatic N) is 1. The number of hydrogen-bond acceptors (Lipinski definition) is 1. The summed E-state index contributed by atoms with van der Waals surface area (Å²) in [6, 6.07) is 0. The van der Waals surface area contributed by atoms with Crippen molar-refractivity contribution in [2.75, 3.05) is 27.7 Å². The SMILES string of the molecule is C[N+](C)(C)CC(=O)Br. The molecule has 0 spiro atoms. The van der Waals surface area contributed by atoms with Crippen LogP contribution in [0.4, 0.5) is 0 Å². The quantitative estimate of drug-likeness (QED) is 0.450. The molecule has 8 heavy (non-hydrogen) atoms. The normalized spacial score (nSPS) is 11.5. The first-order valence-corrected chi connectivity index (χ1v) is 3.20. The molecule has 0 aliphatic carbocycles. The summed E-state index contributed by atoms with van der Waals surface area (Å²) >= 11 is 2.86. The summed E-state index contributed by atoms with van der Waals surface area (Å²) in [5, 5.41) is 0. The molecule has 0 N–H and O–H groups in total. The Morgan fingerprint density at radius 1 is 1.50 bits per heavy atom. The summed E-state index contributed by atoms with van der Waals surface area (Å²) in [5.41, 5.74) is 0. The maximum atomic E-state index is 10.4. The molecule has 0 heterocycles. The van der Waals surface area contributed by atoms with Gasteiger partial charge in [-0.3, -0.25) is 4.79 Å². The predicted octanol–water partition coefficient (Wildman–Crippen LogP) is 0.614. The summed E-state index contributed by atoms with van der Waals surface area (Å²) in [7, 11) is 5.91. The first-order valence-electron chi connectivity index (χ1n) is 2.40. The van der Waals surface area contributed by atoms with Gasteiger partial charge < -0.3 is 4.48 Å². The van der Waals surface area contributed by atoms with Crippen LogP contribution in [0.25, 0.3) is 0 Å². The van der Waals surface area contributed by atoms with E-state index in [-0.39, 0.29) is 4.69 Å². The third kappa shape index (κ3) is 6.11. The predicted molar refractivity (Wildman–Crippen MR) is 36.8 cm³/mol. The van der Waals surface area contributed by atoms with Gasteiger partial charge in [-0.15, -0.1) is 0 Å². The molecule has 0 aliphatic heterocycles. The third-order valence-electron chi connectivity index (χ3n) is 0.599. The van der Waals surface area contributed by atoms with Crippen LogP contribution in [-0.2, 0) is 4.79 Å². The van der Waals surface area contributed by atoms with Crippen LogP contribution in [0.15, 0.2) is 0 Å². The second kappa shape index (κ2) is 2.60. The highest BCUT2D eigenvalue weighted by atomic mass is 79.9. The molecular weight excluding hydrogens is 170 g/mol. The van der Waals surface area contributed by atoms with Crippen molar-refractivity contribution in [3.8, 4) is 0 Å². The molecule has 0 radical (unpaired) electrons. The molecule has 0 aromatic carbocycles. The zero-order valence-corrected chi connectivity index (χ0v) is 7.03. The second-order valence-electron chi connectivity index (χ2n) is 2.80. The van der Waals surface area contributed by atoms with Gasteiger partial charge in [-0.1, -0.05) is 0 Å². The van der Waals surface area contributed by atoms with Crippen LogP contribution < -0.4 is 0 Å². The monoisotopic (exact) mass is 180 g/mol.